The highest BCUT2D eigenvalue weighted by Crippen LogP contribution is 2.19. The van der Waals surface area contributed by atoms with Crippen LogP contribution < -0.4 is 0 Å². The number of halogens is 2. The Morgan fingerprint density at radius 3 is 2.43 bits per heavy atom. The van der Waals surface area contributed by atoms with Gasteiger partial charge in [0, 0.05) is 17.7 Å². The molecule has 0 heterocycles. The van der Waals surface area contributed by atoms with Gasteiger partial charge in [0.05, 0.1) is 9.95 Å². The second-order valence-electron chi connectivity index (χ2n) is 4.17. The van der Waals surface area contributed by atoms with Crippen LogP contribution in [0.5, 0.6) is 0 Å². The maximum atomic E-state index is 12.9. The molecule has 0 saturated heterocycles. The number of carbonyl (C=O) groups is 1. The van der Waals surface area contributed by atoms with Crippen LogP contribution in [-0.2, 0) is 0 Å². The maximum Gasteiger partial charge on any atom is 0.269 e. The highest BCUT2D eigenvalue weighted by Gasteiger charge is 2.08. The van der Waals surface area contributed by atoms with Crippen molar-refractivity contribution in [3.63, 3.8) is 0 Å². The minimum atomic E-state index is -0.518. The van der Waals surface area contributed by atoms with Gasteiger partial charge in [-0.05, 0) is 42.0 Å². The number of nitro groups is 1. The number of hydrogen-bond acceptors (Lipinski definition) is 3. The van der Waals surface area contributed by atoms with Gasteiger partial charge in [0.25, 0.3) is 5.69 Å². The summed E-state index contributed by atoms with van der Waals surface area (Å²) in [6.45, 7) is 0. The number of rotatable bonds is 4. The third-order valence-corrected chi connectivity index (χ3v) is 3.04. The fraction of sp³-hybridized carbons (Fsp3) is 0. The lowest BCUT2D eigenvalue weighted by Crippen LogP contribution is -1.96. The van der Waals surface area contributed by atoms with Crippen molar-refractivity contribution in [1.82, 2.24) is 0 Å². The van der Waals surface area contributed by atoms with Crippen LogP contribution >= 0.6 is 11.6 Å². The van der Waals surface area contributed by atoms with Crippen LogP contribution in [0.25, 0.3) is 6.08 Å². The van der Waals surface area contributed by atoms with Gasteiger partial charge in [-0.15, -0.1) is 0 Å². The first-order valence-electron chi connectivity index (χ1n) is 5.89. The van der Waals surface area contributed by atoms with Crippen molar-refractivity contribution in [3.8, 4) is 0 Å². The molecule has 106 valence electrons. The van der Waals surface area contributed by atoms with E-state index in [-0.39, 0.29) is 22.1 Å². The summed E-state index contributed by atoms with van der Waals surface area (Å²) in [5.74, 6) is -0.894. The quantitative estimate of drug-likeness (QED) is 0.366. The molecule has 2 aromatic carbocycles. The van der Waals surface area contributed by atoms with Crippen molar-refractivity contribution in [1.29, 1.82) is 0 Å². The molecule has 0 atom stereocenters. The summed E-state index contributed by atoms with van der Waals surface area (Å²) in [4.78, 5) is 21.9. The summed E-state index contributed by atoms with van der Waals surface area (Å²) in [5, 5.41) is 10.6. The summed E-state index contributed by atoms with van der Waals surface area (Å²) in [5.41, 5.74) is 0.795. The Morgan fingerprint density at radius 1 is 1.19 bits per heavy atom. The Labute approximate surface area is 124 Å². The Hall–Kier alpha value is -2.53. The van der Waals surface area contributed by atoms with E-state index in [9.17, 15) is 19.3 Å². The van der Waals surface area contributed by atoms with Crippen LogP contribution in [0.15, 0.2) is 48.5 Å². The van der Waals surface area contributed by atoms with Crippen LogP contribution in [0.4, 0.5) is 10.1 Å². The van der Waals surface area contributed by atoms with Gasteiger partial charge in [0.2, 0.25) is 0 Å². The third-order valence-electron chi connectivity index (χ3n) is 2.73. The first-order chi connectivity index (χ1) is 9.97. The van der Waals surface area contributed by atoms with Crippen LogP contribution in [-0.4, -0.2) is 10.7 Å². The highest BCUT2D eigenvalue weighted by atomic mass is 35.5. The molecular formula is C15H9ClFNO3. The Morgan fingerprint density at radius 2 is 1.86 bits per heavy atom. The number of allylic oxidation sites excluding steroid dienone is 1. The van der Waals surface area contributed by atoms with Crippen molar-refractivity contribution < 1.29 is 14.1 Å². The van der Waals surface area contributed by atoms with E-state index in [0.717, 1.165) is 12.1 Å². The van der Waals surface area contributed by atoms with E-state index < -0.39 is 10.7 Å². The van der Waals surface area contributed by atoms with E-state index >= 15 is 0 Å². The largest absolute Gasteiger partial charge is 0.289 e. The zero-order valence-electron chi connectivity index (χ0n) is 10.6. The monoisotopic (exact) mass is 305 g/mol. The fourth-order valence-electron chi connectivity index (χ4n) is 1.66. The number of nitrogens with zero attached hydrogens (tertiary/aromatic N) is 1. The minimum Gasteiger partial charge on any atom is -0.289 e. The molecular weight excluding hydrogens is 297 g/mol. The molecule has 21 heavy (non-hydrogen) atoms. The summed E-state index contributed by atoms with van der Waals surface area (Å²) < 4.78 is 12.9. The molecule has 2 aromatic rings. The molecule has 0 unspecified atom stereocenters. The molecule has 0 spiro atoms. The lowest BCUT2D eigenvalue weighted by atomic mass is 10.1. The van der Waals surface area contributed by atoms with E-state index in [0.29, 0.717) is 5.56 Å². The average Bonchev–Trinajstić information content (AvgIpc) is 2.45. The first-order valence-corrected chi connectivity index (χ1v) is 6.27. The topological polar surface area (TPSA) is 60.2 Å². The molecule has 0 radical (unpaired) electrons. The highest BCUT2D eigenvalue weighted by molar-refractivity contribution is 6.34. The molecule has 0 aliphatic heterocycles. The Kier molecular flexibility index (Phi) is 4.45. The summed E-state index contributed by atoms with van der Waals surface area (Å²) in [6, 6.07) is 9.25. The van der Waals surface area contributed by atoms with Gasteiger partial charge in [-0.2, -0.15) is 0 Å². The second kappa shape index (κ2) is 6.28. The molecule has 0 N–H and O–H groups in total. The number of non-ortho nitro benzene ring substituents is 1. The minimum absolute atomic E-state index is 0.0277. The fourth-order valence-corrected chi connectivity index (χ4v) is 1.92. The molecule has 6 heteroatoms. The van der Waals surface area contributed by atoms with Crippen LogP contribution in [0, 0.1) is 15.9 Å². The predicted molar refractivity (Wildman–Crippen MR) is 77.9 cm³/mol. The standard InChI is InChI=1S/C15H9ClFNO3/c16-14-9-11(17)4-7-13(14)15(19)8-3-10-1-5-12(6-2-10)18(20)21/h1-9H/b8-3+. The lowest BCUT2D eigenvalue weighted by molar-refractivity contribution is -0.384. The first kappa shape index (κ1) is 14.9. The van der Waals surface area contributed by atoms with Crippen molar-refractivity contribution in [2.75, 3.05) is 0 Å². The van der Waals surface area contributed by atoms with Crippen LogP contribution in [0.3, 0.4) is 0 Å². The van der Waals surface area contributed by atoms with Gasteiger partial charge in [-0.3, -0.25) is 14.9 Å². The summed E-state index contributed by atoms with van der Waals surface area (Å²) in [7, 11) is 0. The molecule has 4 nitrogen and oxygen atoms in total. The number of nitro benzene ring substituents is 1. The van der Waals surface area contributed by atoms with Crippen molar-refractivity contribution in [2.24, 2.45) is 0 Å². The summed E-state index contributed by atoms with van der Waals surface area (Å²) >= 11 is 5.79. The SMILES string of the molecule is O=C(/C=C/c1ccc([N+](=O)[O-])cc1)c1ccc(F)cc1Cl. The van der Waals surface area contributed by atoms with E-state index in [4.69, 9.17) is 11.6 Å². The number of carbonyl (C=O) groups excluding carboxylic acids is 1. The molecule has 2 rings (SSSR count). The normalized spacial score (nSPS) is 10.8. The zero-order valence-corrected chi connectivity index (χ0v) is 11.4. The molecule has 0 saturated carbocycles. The van der Waals surface area contributed by atoms with Gasteiger partial charge in [0.15, 0.2) is 5.78 Å². The Balaban J connectivity index is 2.16. The van der Waals surface area contributed by atoms with E-state index in [1.54, 1.807) is 0 Å². The predicted octanol–water partition coefficient (Wildman–Crippen LogP) is 4.28. The second-order valence-corrected chi connectivity index (χ2v) is 4.58. The van der Waals surface area contributed by atoms with Crippen molar-refractivity contribution in [2.45, 2.75) is 0 Å². The molecule has 0 fully saturated rings. The molecule has 0 aromatic heterocycles. The van der Waals surface area contributed by atoms with Crippen LogP contribution in [0.1, 0.15) is 15.9 Å². The van der Waals surface area contributed by atoms with Gasteiger partial charge in [0.1, 0.15) is 5.82 Å². The number of ketones is 1. The van der Waals surface area contributed by atoms with E-state index in [2.05, 4.69) is 0 Å². The number of benzene rings is 2. The average molecular weight is 306 g/mol. The van der Waals surface area contributed by atoms with Gasteiger partial charge < -0.3 is 0 Å². The zero-order chi connectivity index (χ0) is 15.4. The molecule has 0 aliphatic rings. The van der Waals surface area contributed by atoms with E-state index in [1.807, 2.05) is 0 Å². The maximum absolute atomic E-state index is 12.9. The van der Waals surface area contributed by atoms with Crippen LogP contribution in [0.2, 0.25) is 5.02 Å². The lowest BCUT2D eigenvalue weighted by Gasteiger charge is -1.99. The van der Waals surface area contributed by atoms with Gasteiger partial charge in [-0.1, -0.05) is 17.7 Å². The smallest absolute Gasteiger partial charge is 0.269 e. The number of hydrogen-bond donors (Lipinski definition) is 0. The molecule has 0 amide bonds. The van der Waals surface area contributed by atoms with Gasteiger partial charge in [-0.25, -0.2) is 4.39 Å². The molecule has 0 bridgehead atoms. The van der Waals surface area contributed by atoms with Crippen molar-refractivity contribution >= 4 is 29.1 Å². The van der Waals surface area contributed by atoms with Gasteiger partial charge >= 0.3 is 0 Å². The summed E-state index contributed by atoms with van der Waals surface area (Å²) in [6.07, 6.45) is 2.78. The Bertz CT molecular complexity index is 726. The molecule has 0 aliphatic carbocycles. The van der Waals surface area contributed by atoms with E-state index in [1.165, 1.54) is 42.5 Å². The van der Waals surface area contributed by atoms with Crippen molar-refractivity contribution in [3.05, 3.63) is 80.6 Å². The third kappa shape index (κ3) is 3.73.